The first-order valence-electron chi connectivity index (χ1n) is 5.25. The zero-order chi connectivity index (χ0) is 10.6. The van der Waals surface area contributed by atoms with Gasteiger partial charge in [0, 0.05) is 19.6 Å². The van der Waals surface area contributed by atoms with E-state index in [0.717, 1.165) is 0 Å². The molecule has 1 rings (SSSR count). The highest BCUT2D eigenvalue weighted by Gasteiger charge is 2.21. The van der Waals surface area contributed by atoms with Gasteiger partial charge in [0.15, 0.2) is 0 Å². The van der Waals surface area contributed by atoms with Gasteiger partial charge in [0.1, 0.15) is 0 Å². The lowest BCUT2D eigenvalue weighted by Crippen LogP contribution is -2.37. The second-order valence-corrected chi connectivity index (χ2v) is 4.11. The van der Waals surface area contributed by atoms with Crippen LogP contribution in [0.3, 0.4) is 0 Å². The van der Waals surface area contributed by atoms with Gasteiger partial charge in [-0.1, -0.05) is 0 Å². The molecule has 1 aliphatic carbocycles. The molecule has 0 saturated heterocycles. The molecular weight excluding hydrogens is 180 g/mol. The summed E-state index contributed by atoms with van der Waals surface area (Å²) in [6.45, 7) is 2.80. The van der Waals surface area contributed by atoms with E-state index in [0.29, 0.717) is 25.6 Å². The summed E-state index contributed by atoms with van der Waals surface area (Å²) in [5.74, 6) is 0.109. The minimum Gasteiger partial charge on any atom is -0.393 e. The highest BCUT2D eigenvalue weighted by Crippen LogP contribution is 2.18. The van der Waals surface area contributed by atoms with Gasteiger partial charge in [-0.15, -0.1) is 0 Å². The smallest absolute Gasteiger partial charge is 0.236 e. The first kappa shape index (κ1) is 11.5. The van der Waals surface area contributed by atoms with Gasteiger partial charge < -0.3 is 15.3 Å². The molecule has 0 bridgehead atoms. The third-order valence-electron chi connectivity index (χ3n) is 2.43. The predicted molar refractivity (Wildman–Crippen MR) is 55.0 cm³/mol. The van der Waals surface area contributed by atoms with Crippen LogP contribution in [0.1, 0.15) is 26.2 Å². The number of nitrogens with zero attached hydrogens (tertiary/aromatic N) is 1. The van der Waals surface area contributed by atoms with Crippen molar-refractivity contribution < 1.29 is 9.90 Å². The van der Waals surface area contributed by atoms with Crippen LogP contribution >= 0.6 is 0 Å². The Morgan fingerprint density at radius 3 is 2.79 bits per heavy atom. The molecule has 0 heterocycles. The van der Waals surface area contributed by atoms with E-state index in [1.807, 2.05) is 0 Å². The Morgan fingerprint density at radius 2 is 2.29 bits per heavy atom. The number of carbonyl (C=O) groups excluding carboxylic acids is 1. The van der Waals surface area contributed by atoms with Crippen LogP contribution in [-0.2, 0) is 4.79 Å². The fourth-order valence-electron chi connectivity index (χ4n) is 1.16. The number of hydrogen-bond acceptors (Lipinski definition) is 3. The lowest BCUT2D eigenvalue weighted by Gasteiger charge is -2.18. The lowest BCUT2D eigenvalue weighted by atomic mass is 10.3. The van der Waals surface area contributed by atoms with Crippen LogP contribution in [0.2, 0.25) is 0 Å². The molecule has 1 atom stereocenters. The topological polar surface area (TPSA) is 52.6 Å². The van der Waals surface area contributed by atoms with Crippen LogP contribution in [0, 0.1) is 0 Å². The number of likely N-dealkylation sites (N-methyl/N-ethyl adjacent to an activating group) is 1. The van der Waals surface area contributed by atoms with Crippen molar-refractivity contribution in [2.24, 2.45) is 0 Å². The summed E-state index contributed by atoms with van der Waals surface area (Å²) in [5.41, 5.74) is 0. The van der Waals surface area contributed by atoms with Gasteiger partial charge in [-0.2, -0.15) is 0 Å². The molecule has 0 aromatic carbocycles. The number of nitrogens with one attached hydrogen (secondary N) is 1. The monoisotopic (exact) mass is 200 g/mol. The largest absolute Gasteiger partial charge is 0.393 e. The van der Waals surface area contributed by atoms with E-state index in [2.05, 4.69) is 5.32 Å². The average molecular weight is 200 g/mol. The molecule has 0 aromatic heterocycles. The first-order chi connectivity index (χ1) is 6.59. The van der Waals surface area contributed by atoms with Gasteiger partial charge in [0.2, 0.25) is 5.91 Å². The van der Waals surface area contributed by atoms with Crippen LogP contribution in [0.15, 0.2) is 0 Å². The van der Waals surface area contributed by atoms with Gasteiger partial charge in [0.05, 0.1) is 12.6 Å². The summed E-state index contributed by atoms with van der Waals surface area (Å²) in [6, 6.07) is 0.573. The van der Waals surface area contributed by atoms with Crippen molar-refractivity contribution in [2.45, 2.75) is 38.3 Å². The summed E-state index contributed by atoms with van der Waals surface area (Å²) in [6.07, 6.45) is 2.71. The second-order valence-electron chi connectivity index (χ2n) is 4.11. The molecule has 82 valence electrons. The molecule has 4 heteroatoms. The summed E-state index contributed by atoms with van der Waals surface area (Å²) < 4.78 is 0. The molecule has 14 heavy (non-hydrogen) atoms. The van der Waals surface area contributed by atoms with Crippen LogP contribution in [-0.4, -0.2) is 48.2 Å². The van der Waals surface area contributed by atoms with Crippen LogP contribution < -0.4 is 5.32 Å². The van der Waals surface area contributed by atoms with Crippen LogP contribution in [0.25, 0.3) is 0 Å². The second kappa shape index (κ2) is 5.32. The molecule has 0 spiro atoms. The fourth-order valence-corrected chi connectivity index (χ4v) is 1.16. The molecule has 1 fully saturated rings. The Labute approximate surface area is 85.3 Å². The van der Waals surface area contributed by atoms with Crippen molar-refractivity contribution >= 4 is 5.91 Å². The molecule has 4 nitrogen and oxygen atoms in total. The highest BCUT2D eigenvalue weighted by molar-refractivity contribution is 5.78. The maximum Gasteiger partial charge on any atom is 0.236 e. The predicted octanol–water partition coefficient (Wildman–Crippen LogP) is -0.0323. The normalized spacial score (nSPS) is 17.9. The van der Waals surface area contributed by atoms with Crippen molar-refractivity contribution in [3.05, 3.63) is 0 Å². The number of aliphatic hydroxyl groups excluding tert-OH is 1. The number of rotatable bonds is 6. The van der Waals surface area contributed by atoms with E-state index < -0.39 is 0 Å². The number of carbonyl (C=O) groups is 1. The Balaban J connectivity index is 2.07. The number of hydrogen-bond donors (Lipinski definition) is 2. The first-order valence-corrected chi connectivity index (χ1v) is 5.25. The van der Waals surface area contributed by atoms with Crippen molar-refractivity contribution in [3.63, 3.8) is 0 Å². The van der Waals surface area contributed by atoms with Gasteiger partial charge in [0.25, 0.3) is 0 Å². The molecule has 1 saturated carbocycles. The zero-order valence-electron chi connectivity index (χ0n) is 8.99. The van der Waals surface area contributed by atoms with Crippen LogP contribution in [0.4, 0.5) is 0 Å². The maximum atomic E-state index is 11.5. The van der Waals surface area contributed by atoms with Crippen molar-refractivity contribution in [1.29, 1.82) is 0 Å². The van der Waals surface area contributed by atoms with E-state index in [-0.39, 0.29) is 12.0 Å². The number of amides is 1. The highest BCUT2D eigenvalue weighted by atomic mass is 16.3. The minimum atomic E-state index is -0.332. The Kier molecular flexibility index (Phi) is 4.35. The standard InChI is InChI=1S/C10H20N2O2/c1-8(13)5-6-12(2)10(14)7-11-9-3-4-9/h8-9,11,13H,3-7H2,1-2H3. The third-order valence-corrected chi connectivity index (χ3v) is 2.43. The molecule has 2 N–H and O–H groups in total. The quantitative estimate of drug-likeness (QED) is 0.633. The summed E-state index contributed by atoms with van der Waals surface area (Å²) >= 11 is 0. The molecule has 1 aliphatic rings. The van der Waals surface area contributed by atoms with Crippen molar-refractivity contribution in [2.75, 3.05) is 20.1 Å². The van der Waals surface area contributed by atoms with Gasteiger partial charge in [-0.3, -0.25) is 4.79 Å². The van der Waals surface area contributed by atoms with Gasteiger partial charge in [-0.05, 0) is 26.2 Å². The molecule has 1 amide bonds. The molecule has 0 radical (unpaired) electrons. The Morgan fingerprint density at radius 1 is 1.64 bits per heavy atom. The Bertz CT molecular complexity index is 191. The third kappa shape index (κ3) is 4.58. The SMILES string of the molecule is CC(O)CCN(C)C(=O)CNC1CC1. The molecule has 0 aromatic rings. The summed E-state index contributed by atoms with van der Waals surface area (Å²) in [7, 11) is 1.78. The van der Waals surface area contributed by atoms with Gasteiger partial charge >= 0.3 is 0 Å². The fraction of sp³-hybridized carbons (Fsp3) is 0.900. The molecule has 0 aliphatic heterocycles. The maximum absolute atomic E-state index is 11.5. The number of aliphatic hydroxyl groups is 1. The lowest BCUT2D eigenvalue weighted by molar-refractivity contribution is -0.129. The van der Waals surface area contributed by atoms with Crippen molar-refractivity contribution in [1.82, 2.24) is 10.2 Å². The van der Waals surface area contributed by atoms with Crippen molar-refractivity contribution in [3.8, 4) is 0 Å². The van der Waals surface area contributed by atoms with E-state index in [4.69, 9.17) is 5.11 Å². The summed E-state index contributed by atoms with van der Waals surface area (Å²) in [5, 5.41) is 12.2. The average Bonchev–Trinajstić information content (AvgIpc) is 2.93. The van der Waals surface area contributed by atoms with E-state index >= 15 is 0 Å². The van der Waals surface area contributed by atoms with Crippen LogP contribution in [0.5, 0.6) is 0 Å². The zero-order valence-corrected chi connectivity index (χ0v) is 8.99. The Hall–Kier alpha value is -0.610. The van der Waals surface area contributed by atoms with E-state index in [1.165, 1.54) is 12.8 Å². The summed E-state index contributed by atoms with van der Waals surface area (Å²) in [4.78, 5) is 13.1. The minimum absolute atomic E-state index is 0.109. The molecular formula is C10H20N2O2. The van der Waals surface area contributed by atoms with E-state index in [9.17, 15) is 4.79 Å². The molecule has 1 unspecified atom stereocenters. The van der Waals surface area contributed by atoms with Gasteiger partial charge in [-0.25, -0.2) is 0 Å². The van der Waals surface area contributed by atoms with E-state index in [1.54, 1.807) is 18.9 Å².